The van der Waals surface area contributed by atoms with Crippen LogP contribution in [0.1, 0.15) is 38.8 Å². The zero-order valence-corrected chi connectivity index (χ0v) is 17.8. The van der Waals surface area contributed by atoms with Crippen LogP contribution in [0, 0.1) is 0 Å². The molecule has 134 valence electrons. The number of amides is 1. The Morgan fingerprint density at radius 1 is 1.00 bits per heavy atom. The molecular weight excluding hydrogens is 357 g/mol. The Morgan fingerprint density at radius 3 is 2.19 bits per heavy atom. The van der Waals surface area contributed by atoms with Crippen molar-refractivity contribution in [3.8, 4) is 0 Å². The molecule has 0 fully saturated rings. The van der Waals surface area contributed by atoms with Crippen molar-refractivity contribution in [2.24, 2.45) is 0 Å². The van der Waals surface area contributed by atoms with E-state index < -0.39 is 10.3 Å². The van der Waals surface area contributed by atoms with Gasteiger partial charge in [0.1, 0.15) is 0 Å². The van der Waals surface area contributed by atoms with Gasteiger partial charge in [-0.3, -0.25) is 0 Å². The van der Waals surface area contributed by atoms with Crippen LogP contribution in [0.25, 0.3) is 5.32 Å². The minimum atomic E-state index is -0.590. The zero-order chi connectivity index (χ0) is 18.5. The molecule has 2 rings (SSSR count). The average molecular weight is 382 g/mol. The number of hydrogen-bond donors (Lipinski definition) is 0. The normalized spacial score (nSPS) is 11.6. The minimum Gasteiger partial charge on any atom is -0.647 e. The zero-order valence-electron chi connectivity index (χ0n) is 16.3. The van der Waals surface area contributed by atoms with Gasteiger partial charge in [0, 0.05) is 10.8 Å². The Labute approximate surface area is 178 Å². The molecule has 0 heterocycles. The van der Waals surface area contributed by atoms with Gasteiger partial charge in [-0.25, -0.2) is 0 Å². The smallest absolute Gasteiger partial charge is 0.647 e. The van der Waals surface area contributed by atoms with Gasteiger partial charge in [-0.05, 0) is 37.5 Å². The predicted molar refractivity (Wildman–Crippen MR) is 109 cm³/mol. The molecule has 26 heavy (non-hydrogen) atoms. The summed E-state index contributed by atoms with van der Waals surface area (Å²) in [7, 11) is 0. The van der Waals surface area contributed by atoms with E-state index in [1.54, 1.807) is 11.8 Å². The Bertz CT molecular complexity index is 719. The number of hydrogen-bond acceptors (Lipinski definition) is 2. The van der Waals surface area contributed by atoms with Crippen LogP contribution >= 0.6 is 23.4 Å². The van der Waals surface area contributed by atoms with E-state index in [-0.39, 0.29) is 24.8 Å². The van der Waals surface area contributed by atoms with Crippen molar-refractivity contribution in [1.82, 2.24) is 0 Å². The molecule has 0 aliphatic rings. The van der Waals surface area contributed by atoms with E-state index >= 15 is 0 Å². The summed E-state index contributed by atoms with van der Waals surface area (Å²) < 4.78 is -0.590. The van der Waals surface area contributed by atoms with Crippen LogP contribution in [0.2, 0.25) is 5.02 Å². The van der Waals surface area contributed by atoms with Crippen LogP contribution in [0.3, 0.4) is 0 Å². The van der Waals surface area contributed by atoms with Gasteiger partial charge in [-0.15, -0.1) is 17.3 Å². The van der Waals surface area contributed by atoms with E-state index in [0.29, 0.717) is 5.75 Å². The third-order valence-corrected chi connectivity index (χ3v) is 5.67. The number of benzene rings is 2. The summed E-state index contributed by atoms with van der Waals surface area (Å²) in [5.74, 6) is 0.609. The first-order valence-electron chi connectivity index (χ1n) is 8.38. The Kier molecular flexibility index (Phi) is 8.83. The van der Waals surface area contributed by atoms with Crippen molar-refractivity contribution >= 4 is 29.3 Å². The molecule has 0 saturated heterocycles. The first kappa shape index (κ1) is 23.2. The Balaban J connectivity index is 0.00000338. The van der Waals surface area contributed by atoms with Gasteiger partial charge < -0.3 is 10.1 Å². The van der Waals surface area contributed by atoms with Crippen molar-refractivity contribution < 1.29 is 23.7 Å². The molecule has 5 heteroatoms. The maximum Gasteiger partial charge on any atom is 1.00 e. The van der Waals surface area contributed by atoms with E-state index in [1.165, 1.54) is 5.56 Å². The molecule has 0 aromatic heterocycles. The topological polar surface area (TPSA) is 31.2 Å². The summed E-state index contributed by atoms with van der Waals surface area (Å²) in [4.78, 5) is 12.8. The molecule has 2 aromatic carbocycles. The summed E-state index contributed by atoms with van der Waals surface area (Å²) in [6, 6.07) is 17.9. The molecule has 2 aromatic rings. The summed E-state index contributed by atoms with van der Waals surface area (Å²) in [5, 5.41) is 5.25. The van der Waals surface area contributed by atoms with E-state index in [9.17, 15) is 4.79 Å². The van der Waals surface area contributed by atoms with E-state index in [1.807, 2.05) is 70.2 Å². The molecule has 0 atom stereocenters. The molecule has 0 unspecified atom stereocenters. The largest absolute Gasteiger partial charge is 1.00 e. The van der Waals surface area contributed by atoms with Gasteiger partial charge >= 0.3 is 18.9 Å². The molecule has 0 radical (unpaired) electrons. The Morgan fingerprint density at radius 2 is 1.58 bits per heavy atom. The minimum absolute atomic E-state index is 0. The quantitative estimate of drug-likeness (QED) is 0.689. The number of carbonyl (C=O) groups excluding carboxylic acids is 1. The van der Waals surface area contributed by atoms with Crippen LogP contribution in [-0.2, 0) is 17.0 Å². The molecule has 1 amide bonds. The molecule has 2 nitrogen and oxygen atoms in total. The summed E-state index contributed by atoms with van der Waals surface area (Å²) in [6.07, 6.45) is 0.741. The van der Waals surface area contributed by atoms with Crippen LogP contribution in [0.15, 0.2) is 54.6 Å². The fourth-order valence-corrected chi connectivity index (χ4v) is 3.70. The van der Waals surface area contributed by atoms with Crippen LogP contribution in [0.5, 0.6) is 0 Å². The number of thioether (sulfide) groups is 1. The standard InChI is InChI=1S/C21H26ClNOS.Li/c1-20(2,14-16-10-6-5-7-11-16)23-19(24)21(3,4)25-15-17-12-8-9-13-18(17)22;/h5-13H,14-15H2,1-4H3,(H,23,24);/q;+1/p-1. The maximum absolute atomic E-state index is 12.8. The molecular formula is C21H25ClLiNOS. The molecule has 0 N–H and O–H groups in total. The van der Waals surface area contributed by atoms with Gasteiger partial charge in [0.05, 0.1) is 10.7 Å². The second kappa shape index (κ2) is 9.90. The van der Waals surface area contributed by atoms with E-state index in [2.05, 4.69) is 17.4 Å². The molecule has 0 bridgehead atoms. The van der Waals surface area contributed by atoms with Crippen molar-refractivity contribution in [1.29, 1.82) is 0 Å². The van der Waals surface area contributed by atoms with Gasteiger partial charge in [0.2, 0.25) is 0 Å². The van der Waals surface area contributed by atoms with Crippen LogP contribution in [0.4, 0.5) is 0 Å². The van der Waals surface area contributed by atoms with Crippen molar-refractivity contribution in [3.05, 3.63) is 76.1 Å². The van der Waals surface area contributed by atoms with Gasteiger partial charge in [0.15, 0.2) is 0 Å². The van der Waals surface area contributed by atoms with Gasteiger partial charge in [0.25, 0.3) is 0 Å². The van der Waals surface area contributed by atoms with Gasteiger partial charge in [-0.2, -0.15) is 0 Å². The Hall–Kier alpha value is -0.853. The number of rotatable bonds is 7. The number of carbonyl (C=O) groups is 1. The fraction of sp³-hybridized carbons (Fsp3) is 0.381. The van der Waals surface area contributed by atoms with Gasteiger partial charge in [-0.1, -0.05) is 74.0 Å². The number of halogens is 1. The molecule has 0 aliphatic carbocycles. The van der Waals surface area contributed by atoms with Crippen LogP contribution in [-0.4, -0.2) is 16.2 Å². The summed E-state index contributed by atoms with van der Waals surface area (Å²) >= 11 is 7.78. The number of nitrogens with zero attached hydrogens (tertiary/aromatic N) is 1. The SMILES string of the molecule is CC(C)(Cc1ccccc1)[N-]C(=O)C(C)(C)SCc1ccccc1Cl.[Li+]. The van der Waals surface area contributed by atoms with E-state index in [4.69, 9.17) is 11.6 Å². The fourth-order valence-electron chi connectivity index (χ4n) is 2.48. The second-order valence-corrected chi connectivity index (χ2v) is 9.29. The average Bonchev–Trinajstić information content (AvgIpc) is 2.54. The molecule has 0 aliphatic heterocycles. The third-order valence-electron chi connectivity index (χ3n) is 3.95. The van der Waals surface area contributed by atoms with Crippen molar-refractivity contribution in [2.75, 3.05) is 0 Å². The second-order valence-electron chi connectivity index (χ2n) is 7.28. The monoisotopic (exact) mass is 381 g/mol. The summed E-state index contributed by atoms with van der Waals surface area (Å²) in [6.45, 7) is 7.87. The van der Waals surface area contributed by atoms with Crippen LogP contribution < -0.4 is 18.9 Å². The summed E-state index contributed by atoms with van der Waals surface area (Å²) in [5.41, 5.74) is 1.80. The molecule has 0 saturated carbocycles. The first-order chi connectivity index (χ1) is 11.7. The van der Waals surface area contributed by atoms with E-state index in [0.717, 1.165) is 17.0 Å². The maximum atomic E-state index is 12.8. The predicted octanol–water partition coefficient (Wildman–Crippen LogP) is 3.28. The van der Waals surface area contributed by atoms with Crippen molar-refractivity contribution in [2.45, 2.75) is 50.2 Å². The molecule has 0 spiro atoms. The third kappa shape index (κ3) is 7.04. The van der Waals surface area contributed by atoms with Crippen molar-refractivity contribution in [3.63, 3.8) is 0 Å². The first-order valence-corrected chi connectivity index (χ1v) is 9.75.